The molecule has 6 heteroatoms. The van der Waals surface area contributed by atoms with E-state index in [1.165, 1.54) is 0 Å². The Morgan fingerprint density at radius 2 is 2.15 bits per heavy atom. The number of aliphatic carboxylic acids is 1. The number of piperidine rings is 1. The molecule has 0 aromatic carbocycles. The number of rotatable bonds is 5. The number of carboxylic acid groups (broad SMARTS) is 1. The molecular formula is C14H26N2O3S. The average Bonchev–Trinajstić information content (AvgIpc) is 2.38. The van der Waals surface area contributed by atoms with E-state index in [2.05, 4.69) is 5.32 Å². The van der Waals surface area contributed by atoms with Crippen LogP contribution >= 0.6 is 11.8 Å². The molecule has 0 aliphatic carbocycles. The monoisotopic (exact) mass is 302 g/mol. The second-order valence-electron chi connectivity index (χ2n) is 6.12. The molecule has 1 saturated heterocycles. The largest absolute Gasteiger partial charge is 0.481 e. The molecule has 2 atom stereocenters. The summed E-state index contributed by atoms with van der Waals surface area (Å²) in [7, 11) is 0. The van der Waals surface area contributed by atoms with Crippen LogP contribution in [0, 0.1) is 11.3 Å². The predicted molar refractivity (Wildman–Crippen MR) is 82.1 cm³/mol. The van der Waals surface area contributed by atoms with E-state index in [-0.39, 0.29) is 18.0 Å². The number of carbonyl (C=O) groups excluding carboxylic acids is 1. The first-order valence-corrected chi connectivity index (χ1v) is 8.46. The van der Waals surface area contributed by atoms with E-state index in [0.717, 1.165) is 18.6 Å². The van der Waals surface area contributed by atoms with Gasteiger partial charge in [-0.05, 0) is 45.8 Å². The summed E-state index contributed by atoms with van der Waals surface area (Å²) in [4.78, 5) is 25.3. The van der Waals surface area contributed by atoms with Gasteiger partial charge < -0.3 is 15.3 Å². The molecule has 1 heterocycles. The lowest BCUT2D eigenvalue weighted by Crippen LogP contribution is -2.51. The first-order chi connectivity index (χ1) is 9.28. The fourth-order valence-electron chi connectivity index (χ4n) is 2.52. The maximum Gasteiger partial charge on any atom is 0.317 e. The number of urea groups is 1. The summed E-state index contributed by atoms with van der Waals surface area (Å²) in [5.74, 6) is 0.0970. The lowest BCUT2D eigenvalue weighted by atomic mass is 9.74. The fourth-order valence-corrected chi connectivity index (χ4v) is 3.10. The van der Waals surface area contributed by atoms with Crippen LogP contribution < -0.4 is 5.32 Å². The first-order valence-electron chi connectivity index (χ1n) is 7.06. The van der Waals surface area contributed by atoms with Crippen molar-refractivity contribution in [1.29, 1.82) is 0 Å². The lowest BCUT2D eigenvalue weighted by molar-refractivity contribution is -0.151. The number of hydrogen-bond donors (Lipinski definition) is 2. The normalized spacial score (nSPS) is 21.4. The summed E-state index contributed by atoms with van der Waals surface area (Å²) in [6.45, 7) is 6.72. The van der Waals surface area contributed by atoms with E-state index >= 15 is 0 Å². The Morgan fingerprint density at radius 3 is 2.70 bits per heavy atom. The maximum atomic E-state index is 12.2. The molecule has 0 saturated carbocycles. The molecule has 0 spiro atoms. The smallest absolute Gasteiger partial charge is 0.317 e. The van der Waals surface area contributed by atoms with E-state index < -0.39 is 11.4 Å². The molecule has 0 bridgehead atoms. The maximum absolute atomic E-state index is 12.2. The molecule has 20 heavy (non-hydrogen) atoms. The van der Waals surface area contributed by atoms with Crippen molar-refractivity contribution in [2.45, 2.75) is 39.7 Å². The van der Waals surface area contributed by atoms with Gasteiger partial charge in [-0.25, -0.2) is 4.79 Å². The summed E-state index contributed by atoms with van der Waals surface area (Å²) in [5, 5.41) is 12.3. The molecule has 2 unspecified atom stereocenters. The van der Waals surface area contributed by atoms with Crippen LogP contribution in [0.3, 0.4) is 0 Å². The standard InChI is InChI=1S/C14H26N2O3S/c1-10(9-20-4)15-13(19)16-7-5-6-11(8-16)14(2,3)12(17)18/h10-11H,5-9H2,1-4H3,(H,15,19)(H,17,18). The molecule has 2 amide bonds. The van der Waals surface area contributed by atoms with Crippen LogP contribution in [0.5, 0.6) is 0 Å². The molecule has 116 valence electrons. The van der Waals surface area contributed by atoms with Crippen molar-refractivity contribution in [1.82, 2.24) is 10.2 Å². The third-order valence-corrected chi connectivity index (χ3v) is 4.90. The molecule has 1 fully saturated rings. The Bertz CT molecular complexity index is 360. The summed E-state index contributed by atoms with van der Waals surface area (Å²) in [5.41, 5.74) is -0.788. The van der Waals surface area contributed by atoms with Gasteiger partial charge >= 0.3 is 12.0 Å². The Hall–Kier alpha value is -0.910. The van der Waals surface area contributed by atoms with Gasteiger partial charge in [-0.2, -0.15) is 11.8 Å². The van der Waals surface area contributed by atoms with Crippen LogP contribution in [-0.2, 0) is 4.79 Å². The number of hydrogen-bond acceptors (Lipinski definition) is 3. The van der Waals surface area contributed by atoms with Crippen LogP contribution in [0.1, 0.15) is 33.6 Å². The van der Waals surface area contributed by atoms with Gasteiger partial charge in [-0.3, -0.25) is 4.79 Å². The van der Waals surface area contributed by atoms with E-state index in [9.17, 15) is 14.7 Å². The van der Waals surface area contributed by atoms with Crippen molar-refractivity contribution in [2.24, 2.45) is 11.3 Å². The second kappa shape index (κ2) is 7.20. The summed E-state index contributed by atoms with van der Waals surface area (Å²) < 4.78 is 0. The highest BCUT2D eigenvalue weighted by Gasteiger charge is 2.40. The number of carbonyl (C=O) groups is 2. The zero-order valence-electron chi connectivity index (χ0n) is 12.8. The second-order valence-corrected chi connectivity index (χ2v) is 7.03. The highest BCUT2D eigenvalue weighted by molar-refractivity contribution is 7.98. The van der Waals surface area contributed by atoms with Gasteiger partial charge in [0.25, 0.3) is 0 Å². The van der Waals surface area contributed by atoms with Crippen molar-refractivity contribution >= 4 is 23.8 Å². The van der Waals surface area contributed by atoms with Crippen molar-refractivity contribution in [3.05, 3.63) is 0 Å². The lowest BCUT2D eigenvalue weighted by Gasteiger charge is -2.39. The highest BCUT2D eigenvalue weighted by Crippen LogP contribution is 2.34. The Balaban J connectivity index is 2.60. The van der Waals surface area contributed by atoms with Crippen molar-refractivity contribution < 1.29 is 14.7 Å². The molecule has 0 radical (unpaired) electrons. The number of carboxylic acids is 1. The molecule has 1 aliphatic heterocycles. The summed E-state index contributed by atoms with van der Waals surface area (Å²) in [6, 6.07) is 0.0581. The quantitative estimate of drug-likeness (QED) is 0.817. The molecule has 5 nitrogen and oxygen atoms in total. The van der Waals surface area contributed by atoms with Gasteiger partial charge in [0.05, 0.1) is 5.41 Å². The molecular weight excluding hydrogens is 276 g/mol. The van der Waals surface area contributed by atoms with Crippen LogP contribution in [-0.4, -0.2) is 53.1 Å². The van der Waals surface area contributed by atoms with E-state index in [0.29, 0.717) is 13.1 Å². The number of nitrogens with zero attached hydrogens (tertiary/aromatic N) is 1. The van der Waals surface area contributed by atoms with Crippen molar-refractivity contribution in [2.75, 3.05) is 25.1 Å². The first kappa shape index (κ1) is 17.1. The minimum Gasteiger partial charge on any atom is -0.481 e. The zero-order valence-corrected chi connectivity index (χ0v) is 13.6. The molecule has 1 aliphatic rings. The molecule has 2 N–H and O–H groups in total. The third-order valence-electron chi connectivity index (χ3n) is 4.07. The van der Waals surface area contributed by atoms with Gasteiger partial charge in [0.15, 0.2) is 0 Å². The fraction of sp³-hybridized carbons (Fsp3) is 0.857. The average molecular weight is 302 g/mol. The predicted octanol–water partition coefficient (Wildman–Crippen LogP) is 2.27. The Morgan fingerprint density at radius 1 is 1.50 bits per heavy atom. The topological polar surface area (TPSA) is 69.6 Å². The minimum atomic E-state index is -0.791. The van der Waals surface area contributed by atoms with Crippen LogP contribution in [0.2, 0.25) is 0 Å². The number of nitrogens with one attached hydrogen (secondary N) is 1. The van der Waals surface area contributed by atoms with Gasteiger partial charge in [0, 0.05) is 24.9 Å². The van der Waals surface area contributed by atoms with Gasteiger partial charge in [0.1, 0.15) is 0 Å². The number of amides is 2. The van der Waals surface area contributed by atoms with E-state index in [1.54, 1.807) is 30.5 Å². The van der Waals surface area contributed by atoms with Crippen LogP contribution in [0.15, 0.2) is 0 Å². The van der Waals surface area contributed by atoms with Gasteiger partial charge in [-0.15, -0.1) is 0 Å². The van der Waals surface area contributed by atoms with E-state index in [4.69, 9.17) is 0 Å². The Kier molecular flexibility index (Phi) is 6.17. The molecule has 0 aromatic rings. The Labute approximate surface area is 125 Å². The van der Waals surface area contributed by atoms with E-state index in [1.807, 2.05) is 13.2 Å². The van der Waals surface area contributed by atoms with Crippen LogP contribution in [0.4, 0.5) is 4.79 Å². The summed E-state index contributed by atoms with van der Waals surface area (Å²) >= 11 is 1.70. The van der Waals surface area contributed by atoms with Gasteiger partial charge in [0.2, 0.25) is 0 Å². The number of likely N-dealkylation sites (tertiary alicyclic amines) is 1. The van der Waals surface area contributed by atoms with Gasteiger partial charge in [-0.1, -0.05) is 0 Å². The molecule has 1 rings (SSSR count). The minimum absolute atomic E-state index is 0.00959. The number of thioether (sulfide) groups is 1. The zero-order chi connectivity index (χ0) is 15.3. The molecule has 0 aromatic heterocycles. The third kappa shape index (κ3) is 4.30. The summed E-state index contributed by atoms with van der Waals surface area (Å²) in [6.07, 6.45) is 3.74. The van der Waals surface area contributed by atoms with Crippen LogP contribution in [0.25, 0.3) is 0 Å². The SMILES string of the molecule is CSCC(C)NC(=O)N1CCCC(C(C)(C)C(=O)O)C1. The van der Waals surface area contributed by atoms with Crippen molar-refractivity contribution in [3.8, 4) is 0 Å². The highest BCUT2D eigenvalue weighted by atomic mass is 32.2. The van der Waals surface area contributed by atoms with Crippen molar-refractivity contribution in [3.63, 3.8) is 0 Å².